The van der Waals surface area contributed by atoms with Gasteiger partial charge >= 0.3 is 0 Å². The summed E-state index contributed by atoms with van der Waals surface area (Å²) < 4.78 is 0. The maximum Gasteiger partial charge on any atom is 0.0725 e. The van der Waals surface area contributed by atoms with Crippen molar-refractivity contribution in [2.45, 2.75) is 11.8 Å². The van der Waals surface area contributed by atoms with Gasteiger partial charge in [-0.15, -0.1) is 0 Å². The van der Waals surface area contributed by atoms with Crippen LogP contribution in [0.15, 0.2) is 279 Å². The summed E-state index contributed by atoms with van der Waals surface area (Å²) in [5.74, 6) is 0. The Balaban J connectivity index is 0.886. The van der Waals surface area contributed by atoms with E-state index in [4.69, 9.17) is 0 Å². The van der Waals surface area contributed by atoms with Gasteiger partial charge in [-0.1, -0.05) is 218 Å². The molecule has 12 aromatic rings. The monoisotopic (exact) mass is 916 g/mol. The van der Waals surface area contributed by atoms with E-state index in [2.05, 4.69) is 289 Å². The minimum absolute atomic E-state index is 0.514. The van der Waals surface area contributed by atoms with Crippen LogP contribution in [-0.2, 0) is 11.8 Å². The second-order valence-corrected chi connectivity index (χ2v) is 19.1. The average Bonchev–Trinajstić information content (AvgIpc) is 3.45. The summed E-state index contributed by atoms with van der Waals surface area (Å²) in [5, 5.41) is 5.00. The predicted octanol–water partition coefficient (Wildman–Crippen LogP) is 18.5. The van der Waals surface area contributed by atoms with Crippen molar-refractivity contribution in [1.29, 1.82) is 0 Å². The quantitative estimate of drug-likeness (QED) is 0.157. The molecule has 0 unspecified atom stereocenters. The molecule has 72 heavy (non-hydrogen) atoms. The molecule has 338 valence electrons. The first-order valence-electron chi connectivity index (χ1n) is 25.0. The highest BCUT2D eigenvalue weighted by Gasteiger charge is 2.50. The van der Waals surface area contributed by atoms with Crippen molar-refractivity contribution in [3.05, 3.63) is 312 Å². The van der Waals surface area contributed by atoms with Crippen LogP contribution in [0.1, 0.15) is 33.4 Å². The number of benzene rings is 12. The molecule has 2 aliphatic carbocycles. The Morgan fingerprint density at radius 1 is 0.264 bits per heavy atom. The molecule has 0 amide bonds. The van der Waals surface area contributed by atoms with E-state index >= 15 is 0 Å². The van der Waals surface area contributed by atoms with Gasteiger partial charge in [0, 0.05) is 33.5 Å². The lowest BCUT2D eigenvalue weighted by Crippen LogP contribution is -2.39. The summed E-state index contributed by atoms with van der Waals surface area (Å²) in [6.45, 7) is 0. The molecular weight excluding hydrogens is 869 g/mol. The molecule has 0 saturated heterocycles. The van der Waals surface area contributed by atoms with E-state index in [0.29, 0.717) is 0 Å². The first-order chi connectivity index (χ1) is 35.7. The smallest absolute Gasteiger partial charge is 0.0725 e. The molecule has 2 heteroatoms. The van der Waals surface area contributed by atoms with Gasteiger partial charge in [0.1, 0.15) is 0 Å². The highest BCUT2D eigenvalue weighted by atomic mass is 15.1. The zero-order valence-electron chi connectivity index (χ0n) is 39.7. The van der Waals surface area contributed by atoms with Gasteiger partial charge in [0.05, 0.1) is 16.8 Å². The minimum Gasteiger partial charge on any atom is -0.310 e. The van der Waals surface area contributed by atoms with Crippen LogP contribution in [0.2, 0.25) is 0 Å². The second kappa shape index (κ2) is 17.0. The van der Waals surface area contributed by atoms with Crippen molar-refractivity contribution < 1.29 is 0 Å². The number of anilines is 6. The number of hydrogen-bond donors (Lipinski definition) is 0. The third-order valence-electron chi connectivity index (χ3n) is 15.3. The highest BCUT2D eigenvalue weighted by molar-refractivity contribution is 6.10. The van der Waals surface area contributed by atoms with E-state index in [1.807, 2.05) is 0 Å². The van der Waals surface area contributed by atoms with Crippen molar-refractivity contribution in [2.24, 2.45) is 0 Å². The van der Waals surface area contributed by atoms with Crippen molar-refractivity contribution in [3.63, 3.8) is 0 Å². The fraction of sp³-hybridized carbons (Fsp3) is 0.0286. The van der Waals surface area contributed by atoms with Gasteiger partial charge < -0.3 is 9.80 Å². The van der Waals surface area contributed by atoms with Gasteiger partial charge in [-0.25, -0.2) is 0 Å². The standard InChI is InChI=1S/C70H48N2/c1-3-23-53(24-4-1)71(67-36-17-22-50-19-7-12-29-59(50)67)55-41-37-48(38-42-55)49-39-43-56(44-40-49)72(54-25-5-2-6-26-54)68-46-45-66-69-62(68)32-18-35-65(69)70(66)63-33-15-13-30-60(63)57-27-10-8-20-51(57)47-52-21-9-11-28-58(52)61-31-14-16-34-64(61)70/h1-46H,47H2. The van der Waals surface area contributed by atoms with Gasteiger partial charge in [0.15, 0.2) is 0 Å². The Labute approximate surface area is 421 Å². The molecule has 0 radical (unpaired) electrons. The van der Waals surface area contributed by atoms with Gasteiger partial charge in [0.25, 0.3) is 0 Å². The van der Waals surface area contributed by atoms with Gasteiger partial charge in [-0.2, -0.15) is 0 Å². The van der Waals surface area contributed by atoms with Crippen LogP contribution in [0.3, 0.4) is 0 Å². The molecule has 0 saturated carbocycles. The van der Waals surface area contributed by atoms with Crippen molar-refractivity contribution in [3.8, 4) is 33.4 Å². The Morgan fingerprint density at radius 2 is 0.667 bits per heavy atom. The lowest BCUT2D eigenvalue weighted by Gasteiger charge is -2.48. The maximum absolute atomic E-state index is 2.44. The number of fused-ring (bicyclic) bond motifs is 11. The molecular formula is C70H48N2. The summed E-state index contributed by atoms with van der Waals surface area (Å²) >= 11 is 0. The summed E-state index contributed by atoms with van der Waals surface area (Å²) in [4.78, 5) is 4.80. The number of nitrogens with zero attached hydrogens (tertiary/aromatic N) is 2. The van der Waals surface area contributed by atoms with Gasteiger partial charge in [0.2, 0.25) is 0 Å². The summed E-state index contributed by atoms with van der Waals surface area (Å²) in [6.07, 6.45) is 0.861. The molecule has 0 heterocycles. The van der Waals surface area contributed by atoms with E-state index in [-0.39, 0.29) is 0 Å². The van der Waals surface area contributed by atoms with Crippen LogP contribution in [0, 0.1) is 0 Å². The van der Waals surface area contributed by atoms with E-state index in [1.54, 1.807) is 0 Å². The molecule has 1 spiro atoms. The van der Waals surface area contributed by atoms with Crippen LogP contribution in [-0.4, -0.2) is 0 Å². The van der Waals surface area contributed by atoms with Crippen LogP contribution in [0.25, 0.3) is 54.9 Å². The summed E-state index contributed by atoms with van der Waals surface area (Å²) in [6, 6.07) is 103. The van der Waals surface area contributed by atoms with Crippen molar-refractivity contribution in [1.82, 2.24) is 0 Å². The number of hydrogen-bond acceptors (Lipinski definition) is 2. The molecule has 0 aromatic heterocycles. The minimum atomic E-state index is -0.514. The van der Waals surface area contributed by atoms with Crippen LogP contribution in [0.5, 0.6) is 0 Å². The molecule has 2 nitrogen and oxygen atoms in total. The Morgan fingerprint density at radius 3 is 1.25 bits per heavy atom. The van der Waals surface area contributed by atoms with E-state index in [9.17, 15) is 0 Å². The van der Waals surface area contributed by atoms with Crippen molar-refractivity contribution in [2.75, 3.05) is 9.80 Å². The molecule has 0 bridgehead atoms. The molecule has 0 atom stereocenters. The van der Waals surface area contributed by atoms with Gasteiger partial charge in [-0.05, 0) is 145 Å². The third-order valence-corrected chi connectivity index (χ3v) is 15.3. The first-order valence-corrected chi connectivity index (χ1v) is 25.0. The summed E-state index contributed by atoms with van der Waals surface area (Å²) in [5.41, 5.74) is 21.7. The lowest BCUT2D eigenvalue weighted by molar-refractivity contribution is 0.726. The molecule has 14 rings (SSSR count). The van der Waals surface area contributed by atoms with Gasteiger partial charge in [-0.3, -0.25) is 0 Å². The first kappa shape index (κ1) is 41.7. The number of rotatable bonds is 7. The molecule has 0 fully saturated rings. The predicted molar refractivity (Wildman–Crippen MR) is 302 cm³/mol. The van der Waals surface area contributed by atoms with E-state index in [1.165, 1.54) is 77.2 Å². The molecule has 12 aromatic carbocycles. The fourth-order valence-corrected chi connectivity index (χ4v) is 12.2. The fourth-order valence-electron chi connectivity index (χ4n) is 12.2. The third kappa shape index (κ3) is 6.50. The zero-order chi connectivity index (χ0) is 47.6. The Kier molecular flexibility index (Phi) is 9.86. The SMILES string of the molecule is c1ccc(N(c2ccc(-c3ccc(N(c4ccccc4)c4ccc5c6c(cccc46)C54c5ccccc5-c5ccccc5Cc5ccccc5-c5ccccc54)cc3)cc2)c2cccc3ccccc23)cc1. The largest absolute Gasteiger partial charge is 0.310 e. The van der Waals surface area contributed by atoms with Crippen LogP contribution < -0.4 is 9.80 Å². The maximum atomic E-state index is 2.44. The number of para-hydroxylation sites is 2. The second-order valence-electron chi connectivity index (χ2n) is 19.1. The topological polar surface area (TPSA) is 6.48 Å². The average molecular weight is 917 g/mol. The highest BCUT2D eigenvalue weighted by Crippen LogP contribution is 2.62. The molecule has 0 aliphatic heterocycles. The van der Waals surface area contributed by atoms with E-state index < -0.39 is 5.41 Å². The van der Waals surface area contributed by atoms with Crippen LogP contribution in [0.4, 0.5) is 34.1 Å². The van der Waals surface area contributed by atoms with E-state index in [0.717, 1.165) is 51.7 Å². The normalized spacial score (nSPS) is 12.8. The Hall–Kier alpha value is -9.24. The summed E-state index contributed by atoms with van der Waals surface area (Å²) in [7, 11) is 0. The van der Waals surface area contributed by atoms with Crippen LogP contribution >= 0.6 is 0 Å². The zero-order valence-corrected chi connectivity index (χ0v) is 39.7. The molecule has 0 N–H and O–H groups in total. The molecule has 2 aliphatic rings. The lowest BCUT2D eigenvalue weighted by atomic mass is 9.53. The van der Waals surface area contributed by atoms with Crippen molar-refractivity contribution >= 4 is 55.7 Å². The Bertz CT molecular complexity index is 3900.